The van der Waals surface area contributed by atoms with Crippen LogP contribution in [0.2, 0.25) is 6.82 Å². The first-order chi connectivity index (χ1) is 23.3. The second-order valence-corrected chi connectivity index (χ2v) is 13.9. The van der Waals surface area contributed by atoms with Crippen LogP contribution in [-0.4, -0.2) is 91.1 Å². The van der Waals surface area contributed by atoms with E-state index in [-0.39, 0.29) is 41.1 Å². The number of hydrogen-bond donors (Lipinski definition) is 4. The monoisotopic (exact) mass is 652 g/mol. The number of piperidine rings is 2. The van der Waals surface area contributed by atoms with Crippen molar-refractivity contribution >= 4 is 35.9 Å². The maximum atomic E-state index is 14.4. The summed E-state index contributed by atoms with van der Waals surface area (Å²) < 4.78 is 8.81. The number of urea groups is 1. The Bertz CT molecular complexity index is 1610. The van der Waals surface area contributed by atoms with Crippen LogP contribution >= 0.6 is 0 Å². The normalized spacial score (nSPS) is 22.6. The van der Waals surface area contributed by atoms with Gasteiger partial charge in [0, 0.05) is 67.2 Å². The van der Waals surface area contributed by atoms with Crippen LogP contribution in [0.3, 0.4) is 0 Å². The molecule has 0 radical (unpaired) electrons. The minimum Gasteiger partial charge on any atom is -0.361 e. The molecule has 10 nitrogen and oxygen atoms in total. The molecule has 4 N–H and O–H groups in total. The quantitative estimate of drug-likeness (QED) is 0.293. The molecular formula is C37H49BN6O4. The van der Waals surface area contributed by atoms with Gasteiger partial charge in [0.15, 0.2) is 0 Å². The van der Waals surface area contributed by atoms with Crippen molar-refractivity contribution in [1.82, 2.24) is 30.7 Å². The van der Waals surface area contributed by atoms with Gasteiger partial charge < -0.3 is 30.7 Å². The maximum Gasteiger partial charge on any atom is 0.315 e. The Kier molecular flexibility index (Phi) is 10.6. The Balaban J connectivity index is 0.00000129. The molecule has 3 fully saturated rings. The van der Waals surface area contributed by atoms with Crippen LogP contribution in [0.1, 0.15) is 80.4 Å². The van der Waals surface area contributed by atoms with E-state index in [0.717, 1.165) is 94.7 Å². The third-order valence-corrected chi connectivity index (χ3v) is 11.0. The zero-order chi connectivity index (χ0) is 33.7. The van der Waals surface area contributed by atoms with Crippen LogP contribution in [0.4, 0.5) is 4.79 Å². The van der Waals surface area contributed by atoms with Gasteiger partial charge in [-0.1, -0.05) is 49.4 Å². The summed E-state index contributed by atoms with van der Waals surface area (Å²) in [6.07, 6.45) is 8.53. The van der Waals surface area contributed by atoms with Gasteiger partial charge in [0.05, 0.1) is 5.92 Å². The van der Waals surface area contributed by atoms with Crippen molar-refractivity contribution in [3.63, 3.8) is 0 Å². The number of para-hydroxylation sites is 1. The molecule has 4 heterocycles. The van der Waals surface area contributed by atoms with Crippen molar-refractivity contribution < 1.29 is 19.1 Å². The van der Waals surface area contributed by atoms with Gasteiger partial charge in [-0.3, -0.25) is 9.59 Å². The summed E-state index contributed by atoms with van der Waals surface area (Å²) >= 11 is 0. The number of aromatic amines is 1. The molecule has 3 aromatic rings. The second kappa shape index (κ2) is 15.1. The fourth-order valence-electron chi connectivity index (χ4n) is 8.49. The van der Waals surface area contributed by atoms with Gasteiger partial charge in [0.25, 0.3) is 0 Å². The number of fused-ring (bicyclic) bond motifs is 3. The summed E-state index contributed by atoms with van der Waals surface area (Å²) in [4.78, 5) is 48.7. The summed E-state index contributed by atoms with van der Waals surface area (Å²) in [6.45, 7) is 8.11. The number of aromatic nitrogens is 1. The van der Waals surface area contributed by atoms with Crippen LogP contribution in [0.5, 0.6) is 0 Å². The molecule has 254 valence electrons. The summed E-state index contributed by atoms with van der Waals surface area (Å²) in [6, 6.07) is 15.6. The van der Waals surface area contributed by atoms with Gasteiger partial charge in [0.1, 0.15) is 6.04 Å². The van der Waals surface area contributed by atoms with Gasteiger partial charge in [0.2, 0.25) is 11.8 Å². The van der Waals surface area contributed by atoms with Crippen LogP contribution in [0.15, 0.2) is 54.7 Å². The zero-order valence-electron chi connectivity index (χ0n) is 28.3. The van der Waals surface area contributed by atoms with E-state index in [1.165, 1.54) is 17.9 Å². The maximum absolute atomic E-state index is 14.4. The molecule has 4 aliphatic rings. The van der Waals surface area contributed by atoms with Gasteiger partial charge in [-0.15, -0.1) is 0 Å². The average molecular weight is 653 g/mol. The topological polar surface area (TPSA) is 127 Å². The van der Waals surface area contributed by atoms with Crippen LogP contribution in [-0.2, 0) is 19.7 Å². The number of nitrogens with one attached hydrogen (secondary N) is 4. The summed E-state index contributed by atoms with van der Waals surface area (Å²) in [5.74, 6) is -0.118. The van der Waals surface area contributed by atoms with Gasteiger partial charge in [-0.2, -0.15) is 0 Å². The first kappa shape index (κ1) is 33.9. The molecule has 1 spiro atoms. The molecule has 7 rings (SSSR count). The first-order valence-corrected chi connectivity index (χ1v) is 17.8. The Hall–Kier alpha value is -3.99. The van der Waals surface area contributed by atoms with E-state index in [9.17, 15) is 14.4 Å². The minimum absolute atomic E-state index is 0.0458. The van der Waals surface area contributed by atoms with Gasteiger partial charge in [-0.05, 0) is 74.2 Å². The van der Waals surface area contributed by atoms with Crippen molar-refractivity contribution in [2.24, 2.45) is 0 Å². The molecular weight excluding hydrogens is 603 g/mol. The fraction of sp³-hybridized carbons (Fsp3) is 0.541. The summed E-state index contributed by atoms with van der Waals surface area (Å²) in [7, 11) is 0.750. The number of hydrogen-bond acceptors (Lipinski definition) is 5. The molecule has 0 saturated carbocycles. The number of benzene rings is 2. The molecule has 0 bridgehead atoms. The Labute approximate surface area is 284 Å². The number of likely N-dealkylation sites (tertiary alicyclic amines) is 2. The number of nitrogens with zero attached hydrogens (tertiary/aromatic N) is 2. The summed E-state index contributed by atoms with van der Waals surface area (Å²) in [5.41, 5.74) is 4.39. The van der Waals surface area contributed by atoms with Crippen molar-refractivity contribution in [3.05, 3.63) is 71.4 Å². The van der Waals surface area contributed by atoms with E-state index in [4.69, 9.17) is 4.70 Å². The van der Waals surface area contributed by atoms with Crippen molar-refractivity contribution in [2.75, 3.05) is 39.3 Å². The zero-order valence-corrected chi connectivity index (χ0v) is 28.3. The SMILES string of the molecule is CB=O.C[C@H](c1c[nH]c2ccccc12)C(NC(=O)NC1CCCNC1)C(=O)N1CCC2(CC1)C[C@@H](C(=O)N1CCCC1)c1ccccc12. The number of carbonyl (C=O) groups excluding carboxylic acids is 3. The first-order valence-electron chi connectivity index (χ1n) is 17.8. The molecule has 11 heteroatoms. The molecule has 1 aliphatic carbocycles. The molecule has 3 saturated heterocycles. The van der Waals surface area contributed by atoms with Gasteiger partial charge in [-0.25, -0.2) is 4.79 Å². The molecule has 3 aliphatic heterocycles. The van der Waals surface area contributed by atoms with E-state index in [2.05, 4.69) is 56.2 Å². The smallest absolute Gasteiger partial charge is 0.315 e. The standard InChI is InChI=1S/C36H46N6O3.CH3BO/c1-24(29-23-38-31-13-5-3-11-27(29)31)32(40-35(45)39-25-9-8-16-37-22-25)34(44)42-19-14-36(15-20-42)21-28(26-10-2-4-12-30(26)36)33(43)41-17-6-7-18-41;1-2-3/h2-5,10-13,23-25,28,32,37-38H,6-9,14-22H2,1H3,(H2,39,40,45);1H3/t24-,25?,28-,32?;/m1./s1. The molecule has 1 aromatic heterocycles. The van der Waals surface area contributed by atoms with E-state index >= 15 is 0 Å². The molecule has 4 amide bonds. The summed E-state index contributed by atoms with van der Waals surface area (Å²) in [5, 5.41) is 10.6. The van der Waals surface area contributed by atoms with E-state index in [0.29, 0.717) is 13.1 Å². The third-order valence-electron chi connectivity index (χ3n) is 11.0. The molecule has 48 heavy (non-hydrogen) atoms. The second-order valence-electron chi connectivity index (χ2n) is 13.9. The van der Waals surface area contributed by atoms with Crippen LogP contribution < -0.4 is 16.0 Å². The Morgan fingerprint density at radius 2 is 1.67 bits per heavy atom. The predicted molar refractivity (Wildman–Crippen MR) is 187 cm³/mol. The van der Waals surface area contributed by atoms with Gasteiger partial charge >= 0.3 is 24.7 Å². The van der Waals surface area contributed by atoms with Crippen molar-refractivity contribution in [3.8, 4) is 0 Å². The minimum atomic E-state index is -0.713. The molecule has 2 unspecified atom stereocenters. The number of carbonyl (C=O) groups is 3. The van der Waals surface area contributed by atoms with Crippen molar-refractivity contribution in [2.45, 2.75) is 88.0 Å². The number of H-pyrrole nitrogens is 1. The molecule has 4 atom stereocenters. The van der Waals surface area contributed by atoms with Crippen molar-refractivity contribution in [1.29, 1.82) is 0 Å². The largest absolute Gasteiger partial charge is 0.361 e. The third kappa shape index (κ3) is 6.93. The van der Waals surface area contributed by atoms with Crippen LogP contribution in [0, 0.1) is 0 Å². The number of amides is 4. The fourth-order valence-corrected chi connectivity index (χ4v) is 8.49. The average Bonchev–Trinajstić information content (AvgIpc) is 3.87. The Morgan fingerprint density at radius 1 is 0.958 bits per heavy atom. The van der Waals surface area contributed by atoms with E-state index in [1.54, 1.807) is 0 Å². The molecule has 2 aromatic carbocycles. The number of rotatable bonds is 6. The predicted octanol–water partition coefficient (Wildman–Crippen LogP) is 4.45. The van der Waals surface area contributed by atoms with Crippen LogP contribution in [0.25, 0.3) is 10.9 Å². The van der Waals surface area contributed by atoms with E-state index < -0.39 is 6.04 Å². The van der Waals surface area contributed by atoms with E-state index in [1.807, 2.05) is 36.2 Å². The Morgan fingerprint density at radius 3 is 2.40 bits per heavy atom.